The number of hydrogen-bond donors (Lipinski definition) is 4. The molecule has 4 aromatic rings. The first kappa shape index (κ1) is 35.1. The molecule has 4 N–H and O–H groups in total. The van der Waals surface area contributed by atoms with Crippen molar-refractivity contribution >= 4 is 40.6 Å². The number of carbonyl (C=O) groups is 4. The van der Waals surface area contributed by atoms with Crippen LogP contribution in [-0.4, -0.2) is 64.6 Å². The second kappa shape index (κ2) is 15.3. The van der Waals surface area contributed by atoms with Crippen molar-refractivity contribution in [1.82, 2.24) is 26.0 Å². The Morgan fingerprint density at radius 3 is 2.31 bits per heavy atom. The molecule has 1 atom stereocenters. The fourth-order valence-electron chi connectivity index (χ4n) is 6.11. The molecule has 3 aromatic carbocycles. The number of benzene rings is 3. The van der Waals surface area contributed by atoms with Gasteiger partial charge in [0.15, 0.2) is 0 Å². The number of nitrogens with zero attached hydrogens (tertiary/aromatic N) is 2. The van der Waals surface area contributed by atoms with Crippen molar-refractivity contribution < 1.29 is 28.7 Å². The molecule has 1 saturated carbocycles. The van der Waals surface area contributed by atoms with Crippen LogP contribution in [0.3, 0.4) is 0 Å². The maximum absolute atomic E-state index is 13.7. The zero-order valence-corrected chi connectivity index (χ0v) is 28.6. The second-order valence-electron chi connectivity index (χ2n) is 13.6. The molecule has 0 spiro atoms. The fourth-order valence-corrected chi connectivity index (χ4v) is 6.11. The lowest BCUT2D eigenvalue weighted by Gasteiger charge is -2.29. The van der Waals surface area contributed by atoms with Crippen LogP contribution in [0.4, 0.5) is 10.5 Å². The summed E-state index contributed by atoms with van der Waals surface area (Å²) >= 11 is 0. The van der Waals surface area contributed by atoms with Crippen molar-refractivity contribution in [2.24, 2.45) is 11.8 Å². The van der Waals surface area contributed by atoms with Crippen molar-refractivity contribution in [2.75, 3.05) is 19.0 Å². The van der Waals surface area contributed by atoms with Crippen LogP contribution in [0.1, 0.15) is 67.9 Å². The molecule has 0 saturated heterocycles. The third-order valence-corrected chi connectivity index (χ3v) is 8.72. The molecule has 1 aliphatic rings. The van der Waals surface area contributed by atoms with Crippen LogP contribution in [-0.2, 0) is 25.5 Å². The second-order valence-corrected chi connectivity index (χ2v) is 13.6. The zero-order chi connectivity index (χ0) is 35.1. The van der Waals surface area contributed by atoms with Gasteiger partial charge in [0, 0.05) is 24.6 Å². The van der Waals surface area contributed by atoms with E-state index in [9.17, 15) is 19.2 Å². The van der Waals surface area contributed by atoms with Gasteiger partial charge in [-0.3, -0.25) is 9.59 Å². The number of methoxy groups -OCH3 is 1. The van der Waals surface area contributed by atoms with Crippen LogP contribution in [0.15, 0.2) is 60.7 Å². The SMILES string of the molecule is COC(=O)c1ccc(-c2ccc(C[C@H](NC(=O)C3CCC(CNC(=O)OC(C)(C)C)CC3)C(=O)Nc3ccc4n[nH]nc4c3)cc2)c(C)c1. The molecule has 258 valence electrons. The van der Waals surface area contributed by atoms with Gasteiger partial charge in [-0.15, -0.1) is 0 Å². The summed E-state index contributed by atoms with van der Waals surface area (Å²) in [6, 6.07) is 17.7. The van der Waals surface area contributed by atoms with Gasteiger partial charge in [-0.2, -0.15) is 15.4 Å². The highest BCUT2D eigenvalue weighted by Gasteiger charge is 2.30. The standard InChI is InChI=1S/C37H44N6O6/c1-22-18-27(35(46)48-5)14-16-29(22)25-10-6-23(7-11-25)19-32(34(45)39-28-15-17-30-31(20-28)42-43-41-30)40-33(44)26-12-8-24(9-13-26)21-38-36(47)49-37(2,3)4/h6-7,10-11,14-18,20,24,26,32H,8-9,12-13,19,21H2,1-5H3,(H,38,47)(H,39,45)(H,40,44)(H,41,42,43)/t24?,26?,32-/m0/s1. The summed E-state index contributed by atoms with van der Waals surface area (Å²) in [5.74, 6) is -0.882. The number of esters is 1. The molecule has 12 nitrogen and oxygen atoms in total. The van der Waals surface area contributed by atoms with E-state index in [2.05, 4.69) is 31.4 Å². The summed E-state index contributed by atoms with van der Waals surface area (Å²) in [5, 5.41) is 19.6. The summed E-state index contributed by atoms with van der Waals surface area (Å²) in [7, 11) is 1.36. The number of H-pyrrole nitrogens is 1. The Morgan fingerprint density at radius 1 is 0.918 bits per heavy atom. The Labute approximate surface area is 285 Å². The predicted molar refractivity (Wildman–Crippen MR) is 186 cm³/mol. The highest BCUT2D eigenvalue weighted by atomic mass is 16.6. The summed E-state index contributed by atoms with van der Waals surface area (Å²) in [6.45, 7) is 7.90. The number of nitrogens with one attached hydrogen (secondary N) is 4. The molecule has 0 radical (unpaired) electrons. The number of ether oxygens (including phenoxy) is 2. The largest absolute Gasteiger partial charge is 0.465 e. The lowest BCUT2D eigenvalue weighted by molar-refractivity contribution is -0.130. The molecule has 3 amide bonds. The van der Waals surface area contributed by atoms with Gasteiger partial charge in [-0.1, -0.05) is 30.3 Å². The number of aromatic nitrogens is 3. The molecule has 0 unspecified atom stereocenters. The maximum Gasteiger partial charge on any atom is 0.407 e. The summed E-state index contributed by atoms with van der Waals surface area (Å²) < 4.78 is 10.2. The molecule has 1 aromatic heterocycles. The Bertz CT molecular complexity index is 1800. The summed E-state index contributed by atoms with van der Waals surface area (Å²) in [4.78, 5) is 51.3. The van der Waals surface area contributed by atoms with Gasteiger partial charge in [0.2, 0.25) is 11.8 Å². The van der Waals surface area contributed by atoms with Crippen molar-refractivity contribution in [3.63, 3.8) is 0 Å². The number of fused-ring (bicyclic) bond motifs is 1. The topological polar surface area (TPSA) is 164 Å². The van der Waals surface area contributed by atoms with E-state index < -0.39 is 17.7 Å². The first-order chi connectivity index (χ1) is 23.4. The molecule has 0 bridgehead atoms. The highest BCUT2D eigenvalue weighted by Crippen LogP contribution is 2.29. The van der Waals surface area contributed by atoms with Crippen molar-refractivity contribution in [2.45, 2.75) is 71.4 Å². The molecular weight excluding hydrogens is 624 g/mol. The van der Waals surface area contributed by atoms with Gasteiger partial charge in [0.05, 0.1) is 12.7 Å². The minimum atomic E-state index is -0.834. The van der Waals surface area contributed by atoms with Gasteiger partial charge in [-0.25, -0.2) is 9.59 Å². The van der Waals surface area contributed by atoms with E-state index in [1.165, 1.54) is 7.11 Å². The van der Waals surface area contributed by atoms with Gasteiger partial charge in [-0.05, 0) is 112 Å². The average Bonchev–Trinajstić information content (AvgIpc) is 3.54. The van der Waals surface area contributed by atoms with Crippen molar-refractivity contribution in [1.29, 1.82) is 0 Å². The zero-order valence-electron chi connectivity index (χ0n) is 28.6. The Hall–Kier alpha value is -5.26. The molecule has 1 aliphatic carbocycles. The van der Waals surface area contributed by atoms with E-state index in [4.69, 9.17) is 9.47 Å². The summed E-state index contributed by atoms with van der Waals surface area (Å²) in [5.41, 5.74) is 5.49. The molecule has 49 heavy (non-hydrogen) atoms. The first-order valence-corrected chi connectivity index (χ1v) is 16.6. The minimum absolute atomic E-state index is 0.163. The maximum atomic E-state index is 13.7. The third-order valence-electron chi connectivity index (χ3n) is 8.72. The smallest absolute Gasteiger partial charge is 0.407 e. The van der Waals surface area contributed by atoms with E-state index in [0.29, 0.717) is 41.7 Å². The van der Waals surface area contributed by atoms with Gasteiger partial charge < -0.3 is 25.4 Å². The van der Waals surface area contributed by atoms with Gasteiger partial charge in [0.1, 0.15) is 22.7 Å². The van der Waals surface area contributed by atoms with E-state index in [-0.39, 0.29) is 36.0 Å². The average molecular weight is 669 g/mol. The van der Waals surface area contributed by atoms with Crippen molar-refractivity contribution in [3.05, 3.63) is 77.4 Å². The molecule has 1 fully saturated rings. The van der Waals surface area contributed by atoms with E-state index >= 15 is 0 Å². The van der Waals surface area contributed by atoms with Crippen LogP contribution in [0.2, 0.25) is 0 Å². The Morgan fingerprint density at radius 2 is 1.63 bits per heavy atom. The number of aromatic amines is 1. The van der Waals surface area contributed by atoms with Crippen LogP contribution in [0.25, 0.3) is 22.2 Å². The monoisotopic (exact) mass is 668 g/mol. The molecule has 12 heteroatoms. The van der Waals surface area contributed by atoms with E-state index in [1.807, 2.05) is 58.0 Å². The molecular formula is C37H44N6O6. The summed E-state index contributed by atoms with van der Waals surface area (Å²) in [6.07, 6.45) is 2.72. The fraction of sp³-hybridized carbons (Fsp3) is 0.405. The van der Waals surface area contributed by atoms with Crippen LogP contribution in [0, 0.1) is 18.8 Å². The number of alkyl carbamates (subject to hydrolysis) is 1. The van der Waals surface area contributed by atoms with Crippen LogP contribution >= 0.6 is 0 Å². The van der Waals surface area contributed by atoms with Crippen LogP contribution in [0.5, 0.6) is 0 Å². The predicted octanol–water partition coefficient (Wildman–Crippen LogP) is 5.72. The Balaban J connectivity index is 1.25. The third kappa shape index (κ3) is 9.43. The van der Waals surface area contributed by atoms with Gasteiger partial charge in [0.25, 0.3) is 0 Å². The number of rotatable bonds is 10. The van der Waals surface area contributed by atoms with Gasteiger partial charge >= 0.3 is 12.1 Å². The molecule has 1 heterocycles. The number of aryl methyl sites for hydroxylation is 1. The quantitative estimate of drug-likeness (QED) is 0.156. The lowest BCUT2D eigenvalue weighted by atomic mass is 9.81. The first-order valence-electron chi connectivity index (χ1n) is 16.6. The highest BCUT2D eigenvalue weighted by molar-refractivity contribution is 5.98. The minimum Gasteiger partial charge on any atom is -0.465 e. The lowest BCUT2D eigenvalue weighted by Crippen LogP contribution is -2.48. The molecule has 0 aliphatic heterocycles. The van der Waals surface area contributed by atoms with Crippen molar-refractivity contribution in [3.8, 4) is 11.1 Å². The molecule has 5 rings (SSSR count). The number of carbonyl (C=O) groups excluding carboxylic acids is 4. The number of amides is 3. The number of anilines is 1. The van der Waals surface area contributed by atoms with E-state index in [0.717, 1.165) is 35.1 Å². The number of hydrogen-bond acceptors (Lipinski definition) is 8. The normalized spacial score (nSPS) is 16.8. The van der Waals surface area contributed by atoms with Crippen LogP contribution < -0.4 is 16.0 Å². The Kier molecular flexibility index (Phi) is 11.0. The van der Waals surface area contributed by atoms with E-state index in [1.54, 1.807) is 30.3 Å².